The maximum atomic E-state index is 12.5. The second-order valence-electron chi connectivity index (χ2n) is 8.46. The molecule has 0 bridgehead atoms. The molecule has 0 spiro atoms. The SMILES string of the molecule is CCCOCCC(=O)N1CCC(n2nc(-c3ccc4oc(N)nc4c3)c3c(N)ncnc32)CC1. The van der Waals surface area contributed by atoms with Gasteiger partial charge in [-0.3, -0.25) is 4.79 Å². The number of nitrogens with zero attached hydrogens (tertiary/aromatic N) is 6. The number of piperidine rings is 1. The summed E-state index contributed by atoms with van der Waals surface area (Å²) in [6.45, 7) is 4.54. The molecule has 0 saturated carbocycles. The Morgan fingerprint density at radius 2 is 2.03 bits per heavy atom. The molecule has 11 nitrogen and oxygen atoms in total. The molecular formula is C23H28N8O3. The van der Waals surface area contributed by atoms with E-state index in [2.05, 4.69) is 21.9 Å². The Labute approximate surface area is 196 Å². The number of carbonyl (C=O) groups excluding carboxylic acids is 1. The highest BCUT2D eigenvalue weighted by Gasteiger charge is 2.28. The van der Waals surface area contributed by atoms with Crippen molar-refractivity contribution in [2.24, 2.45) is 0 Å². The number of anilines is 2. The zero-order chi connectivity index (χ0) is 23.7. The van der Waals surface area contributed by atoms with Gasteiger partial charge in [0.2, 0.25) is 5.91 Å². The van der Waals surface area contributed by atoms with Crippen molar-refractivity contribution in [3.05, 3.63) is 24.5 Å². The fourth-order valence-electron chi connectivity index (χ4n) is 4.47. The first-order valence-corrected chi connectivity index (χ1v) is 11.6. The zero-order valence-electron chi connectivity index (χ0n) is 19.1. The summed E-state index contributed by atoms with van der Waals surface area (Å²) in [5.74, 6) is 0.498. The van der Waals surface area contributed by atoms with E-state index in [1.165, 1.54) is 6.33 Å². The number of amides is 1. The molecule has 3 aromatic heterocycles. The standard InChI is InChI=1S/C23H28N8O3/c1-2-10-33-11-7-18(32)30-8-5-15(6-9-30)31-22-19(21(24)26-13-27-22)20(29-31)14-3-4-17-16(12-14)28-23(25)34-17/h3-4,12-13,15H,2,5-11H2,1H3,(H2,25,28)(H2,24,26,27). The summed E-state index contributed by atoms with van der Waals surface area (Å²) in [6.07, 6.45) is 4.38. The van der Waals surface area contributed by atoms with Crippen molar-refractivity contribution in [2.45, 2.75) is 38.6 Å². The Bertz CT molecular complexity index is 1320. The number of nitrogen functional groups attached to an aromatic ring is 2. The van der Waals surface area contributed by atoms with Gasteiger partial charge in [-0.1, -0.05) is 6.92 Å². The fraction of sp³-hybridized carbons (Fsp3) is 0.435. The van der Waals surface area contributed by atoms with Crippen LogP contribution in [0.15, 0.2) is 28.9 Å². The first kappa shape index (κ1) is 22.1. The third kappa shape index (κ3) is 4.14. The fourth-order valence-corrected chi connectivity index (χ4v) is 4.47. The summed E-state index contributed by atoms with van der Waals surface area (Å²) < 4.78 is 12.8. The van der Waals surface area contributed by atoms with Gasteiger partial charge >= 0.3 is 0 Å². The number of nitrogens with two attached hydrogens (primary N) is 2. The Kier molecular flexibility index (Phi) is 6.01. The minimum atomic E-state index is 0.0948. The summed E-state index contributed by atoms with van der Waals surface area (Å²) in [6, 6.07) is 5.79. The summed E-state index contributed by atoms with van der Waals surface area (Å²) >= 11 is 0. The van der Waals surface area contributed by atoms with Gasteiger partial charge in [0.05, 0.1) is 24.5 Å². The van der Waals surface area contributed by atoms with Crippen LogP contribution in [0.1, 0.15) is 38.6 Å². The molecular weight excluding hydrogens is 436 g/mol. The molecule has 1 aliphatic heterocycles. The van der Waals surface area contributed by atoms with Crippen LogP contribution >= 0.6 is 0 Å². The molecule has 11 heteroatoms. The number of aromatic nitrogens is 5. The lowest BCUT2D eigenvalue weighted by Crippen LogP contribution is -2.39. The molecule has 34 heavy (non-hydrogen) atoms. The van der Waals surface area contributed by atoms with Crippen molar-refractivity contribution in [1.29, 1.82) is 0 Å². The van der Waals surface area contributed by atoms with Crippen molar-refractivity contribution in [3.63, 3.8) is 0 Å². The lowest BCUT2D eigenvalue weighted by Gasteiger charge is -2.32. The zero-order valence-corrected chi connectivity index (χ0v) is 19.1. The molecule has 1 saturated heterocycles. The Balaban J connectivity index is 1.39. The number of fused-ring (bicyclic) bond motifs is 2. The normalized spacial score (nSPS) is 14.9. The van der Waals surface area contributed by atoms with Gasteiger partial charge in [0.25, 0.3) is 6.01 Å². The maximum absolute atomic E-state index is 12.5. The number of likely N-dealkylation sites (tertiary alicyclic amines) is 1. The van der Waals surface area contributed by atoms with E-state index >= 15 is 0 Å². The highest BCUT2D eigenvalue weighted by molar-refractivity contribution is 5.99. The van der Waals surface area contributed by atoms with Gasteiger partial charge in [-0.05, 0) is 37.5 Å². The molecule has 4 aromatic rings. The van der Waals surface area contributed by atoms with Gasteiger partial charge in [-0.25, -0.2) is 14.6 Å². The predicted octanol–water partition coefficient (Wildman–Crippen LogP) is 2.78. The van der Waals surface area contributed by atoms with Crippen LogP contribution in [0.2, 0.25) is 0 Å². The molecule has 1 fully saturated rings. The number of hydrogen-bond donors (Lipinski definition) is 2. The van der Waals surface area contributed by atoms with Crippen molar-refractivity contribution in [1.82, 2.24) is 29.6 Å². The second-order valence-corrected chi connectivity index (χ2v) is 8.46. The van der Waals surface area contributed by atoms with Crippen molar-refractivity contribution >= 4 is 39.9 Å². The van der Waals surface area contributed by atoms with E-state index in [9.17, 15) is 4.79 Å². The van der Waals surface area contributed by atoms with E-state index in [-0.39, 0.29) is 18.0 Å². The Hall–Kier alpha value is -3.73. The lowest BCUT2D eigenvalue weighted by molar-refractivity contribution is -0.133. The minimum absolute atomic E-state index is 0.0948. The molecule has 178 valence electrons. The third-order valence-corrected chi connectivity index (χ3v) is 6.17. The molecule has 1 aliphatic rings. The molecule has 4 heterocycles. The Morgan fingerprint density at radius 3 is 2.82 bits per heavy atom. The highest BCUT2D eigenvalue weighted by atomic mass is 16.5. The van der Waals surface area contributed by atoms with Gasteiger partial charge in [-0.2, -0.15) is 10.1 Å². The predicted molar refractivity (Wildman–Crippen MR) is 128 cm³/mol. The topological polar surface area (TPSA) is 151 Å². The van der Waals surface area contributed by atoms with E-state index < -0.39 is 0 Å². The smallest absolute Gasteiger partial charge is 0.292 e. The largest absolute Gasteiger partial charge is 0.424 e. The molecule has 1 aromatic carbocycles. The second kappa shape index (κ2) is 9.26. The van der Waals surface area contributed by atoms with Crippen molar-refractivity contribution in [2.75, 3.05) is 37.8 Å². The summed E-state index contributed by atoms with van der Waals surface area (Å²) in [4.78, 5) is 27.3. The highest BCUT2D eigenvalue weighted by Crippen LogP contribution is 2.35. The van der Waals surface area contributed by atoms with Gasteiger partial charge in [0.15, 0.2) is 11.2 Å². The van der Waals surface area contributed by atoms with Crippen LogP contribution < -0.4 is 11.5 Å². The minimum Gasteiger partial charge on any atom is -0.424 e. The molecule has 4 N–H and O–H groups in total. The molecule has 5 rings (SSSR count). The number of hydrogen-bond acceptors (Lipinski definition) is 9. The number of benzene rings is 1. The van der Waals surface area contributed by atoms with Gasteiger partial charge in [-0.15, -0.1) is 0 Å². The van der Waals surface area contributed by atoms with E-state index in [0.29, 0.717) is 66.4 Å². The van der Waals surface area contributed by atoms with E-state index in [1.807, 2.05) is 27.8 Å². The van der Waals surface area contributed by atoms with Gasteiger partial charge in [0, 0.05) is 25.3 Å². The van der Waals surface area contributed by atoms with Crippen LogP contribution in [0.4, 0.5) is 11.8 Å². The van der Waals surface area contributed by atoms with Crippen LogP contribution in [0, 0.1) is 0 Å². The average Bonchev–Trinajstić information content (AvgIpc) is 3.42. The quantitative estimate of drug-likeness (QED) is 0.393. The molecule has 1 amide bonds. The number of ether oxygens (including phenoxy) is 1. The van der Waals surface area contributed by atoms with Crippen molar-refractivity contribution < 1.29 is 13.9 Å². The van der Waals surface area contributed by atoms with E-state index in [0.717, 1.165) is 24.8 Å². The first-order valence-electron chi connectivity index (χ1n) is 11.6. The summed E-state index contributed by atoms with van der Waals surface area (Å²) in [5.41, 5.74) is 15.4. The average molecular weight is 465 g/mol. The summed E-state index contributed by atoms with van der Waals surface area (Å²) in [5, 5.41) is 5.62. The molecule has 0 radical (unpaired) electrons. The van der Waals surface area contributed by atoms with E-state index in [4.69, 9.17) is 25.7 Å². The van der Waals surface area contributed by atoms with Crippen LogP contribution in [0.3, 0.4) is 0 Å². The number of oxazole rings is 1. The first-order chi connectivity index (χ1) is 16.5. The monoisotopic (exact) mass is 464 g/mol. The molecule has 0 aliphatic carbocycles. The lowest BCUT2D eigenvalue weighted by atomic mass is 10.0. The van der Waals surface area contributed by atoms with Crippen LogP contribution in [0.25, 0.3) is 33.4 Å². The number of rotatable bonds is 7. The van der Waals surface area contributed by atoms with Crippen LogP contribution in [-0.2, 0) is 9.53 Å². The van der Waals surface area contributed by atoms with Crippen molar-refractivity contribution in [3.8, 4) is 11.3 Å². The van der Waals surface area contributed by atoms with Crippen LogP contribution in [0.5, 0.6) is 0 Å². The molecule has 0 unspecified atom stereocenters. The molecule has 0 atom stereocenters. The Morgan fingerprint density at radius 1 is 1.21 bits per heavy atom. The third-order valence-electron chi connectivity index (χ3n) is 6.17. The van der Waals surface area contributed by atoms with Gasteiger partial charge in [0.1, 0.15) is 23.4 Å². The van der Waals surface area contributed by atoms with Gasteiger partial charge < -0.3 is 25.5 Å². The van der Waals surface area contributed by atoms with Crippen LogP contribution in [-0.4, -0.2) is 61.8 Å². The number of carbonyl (C=O) groups is 1. The summed E-state index contributed by atoms with van der Waals surface area (Å²) in [7, 11) is 0. The van der Waals surface area contributed by atoms with E-state index in [1.54, 1.807) is 0 Å². The maximum Gasteiger partial charge on any atom is 0.292 e.